The van der Waals surface area contributed by atoms with E-state index in [0.29, 0.717) is 29.1 Å². The van der Waals surface area contributed by atoms with Gasteiger partial charge in [0.15, 0.2) is 0 Å². The molecule has 4 aromatic rings. The molecule has 0 fully saturated rings. The van der Waals surface area contributed by atoms with Crippen molar-refractivity contribution < 1.29 is 23.4 Å². The second kappa shape index (κ2) is 9.16. The molecule has 3 aromatic carbocycles. The first-order chi connectivity index (χ1) is 17.4. The van der Waals surface area contributed by atoms with Crippen LogP contribution in [-0.2, 0) is 0 Å². The van der Waals surface area contributed by atoms with Crippen molar-refractivity contribution in [2.24, 2.45) is 5.73 Å². The van der Waals surface area contributed by atoms with Gasteiger partial charge in [0.1, 0.15) is 34.5 Å². The SMILES string of the molecule is CCOc1ccc(C2C(C#N)=C(N)Oc3cc(OC(=O)c4oc5cc(C)ccc5c4C)ccc32)cc1. The zero-order valence-electron chi connectivity index (χ0n) is 20.1. The maximum Gasteiger partial charge on any atom is 0.379 e. The van der Waals surface area contributed by atoms with Gasteiger partial charge in [0.2, 0.25) is 11.6 Å². The van der Waals surface area contributed by atoms with Crippen molar-refractivity contribution in [3.8, 4) is 23.3 Å². The van der Waals surface area contributed by atoms with Crippen molar-refractivity contribution in [1.29, 1.82) is 5.26 Å². The van der Waals surface area contributed by atoms with Crippen LogP contribution in [0.25, 0.3) is 11.0 Å². The summed E-state index contributed by atoms with van der Waals surface area (Å²) in [5.41, 5.74) is 10.4. The minimum Gasteiger partial charge on any atom is -0.494 e. The first kappa shape index (κ1) is 23.1. The maximum absolute atomic E-state index is 12.9. The van der Waals surface area contributed by atoms with Gasteiger partial charge in [0, 0.05) is 22.6 Å². The number of fused-ring (bicyclic) bond motifs is 2. The van der Waals surface area contributed by atoms with Crippen LogP contribution in [0, 0.1) is 25.2 Å². The number of benzene rings is 3. The van der Waals surface area contributed by atoms with E-state index in [4.69, 9.17) is 24.4 Å². The summed E-state index contributed by atoms with van der Waals surface area (Å²) in [7, 11) is 0. The summed E-state index contributed by atoms with van der Waals surface area (Å²) < 4.78 is 22.7. The van der Waals surface area contributed by atoms with Crippen molar-refractivity contribution >= 4 is 16.9 Å². The van der Waals surface area contributed by atoms with E-state index in [0.717, 1.165) is 27.8 Å². The van der Waals surface area contributed by atoms with Crippen molar-refractivity contribution in [2.45, 2.75) is 26.7 Å². The number of allylic oxidation sites excluding steroid dienone is 1. The molecule has 0 aliphatic carbocycles. The molecule has 7 nitrogen and oxygen atoms in total. The Kier molecular flexibility index (Phi) is 5.87. The fraction of sp³-hybridized carbons (Fsp3) is 0.172. The van der Waals surface area contributed by atoms with Crippen molar-refractivity contribution in [2.75, 3.05) is 6.61 Å². The topological polar surface area (TPSA) is 108 Å². The molecule has 36 heavy (non-hydrogen) atoms. The van der Waals surface area contributed by atoms with E-state index in [1.165, 1.54) is 0 Å². The average Bonchev–Trinajstić information content (AvgIpc) is 3.19. The lowest BCUT2D eigenvalue weighted by Gasteiger charge is -2.26. The number of carbonyl (C=O) groups excluding carboxylic acids is 1. The Morgan fingerprint density at radius 3 is 2.53 bits per heavy atom. The molecule has 0 amide bonds. The first-order valence-corrected chi connectivity index (χ1v) is 11.6. The van der Waals surface area contributed by atoms with Crippen LogP contribution < -0.4 is 19.9 Å². The molecule has 0 saturated heterocycles. The van der Waals surface area contributed by atoms with E-state index in [1.54, 1.807) is 18.2 Å². The molecule has 1 aliphatic heterocycles. The number of nitrogens with zero attached hydrogens (tertiary/aromatic N) is 1. The van der Waals surface area contributed by atoms with E-state index < -0.39 is 11.9 Å². The third-order valence-corrected chi connectivity index (χ3v) is 6.20. The quantitative estimate of drug-likeness (QED) is 0.280. The van der Waals surface area contributed by atoms with Crippen LogP contribution in [0.15, 0.2) is 76.5 Å². The van der Waals surface area contributed by atoms with Crippen molar-refractivity contribution in [1.82, 2.24) is 0 Å². The molecule has 1 aromatic heterocycles. The molecule has 2 heterocycles. The molecule has 7 heteroatoms. The summed E-state index contributed by atoms with van der Waals surface area (Å²) in [6.45, 7) is 6.26. The fourth-order valence-electron chi connectivity index (χ4n) is 4.45. The Labute approximate surface area is 208 Å². The van der Waals surface area contributed by atoms with Gasteiger partial charge < -0.3 is 24.4 Å². The van der Waals surface area contributed by atoms with Crippen LogP contribution in [0.2, 0.25) is 0 Å². The number of carbonyl (C=O) groups is 1. The van der Waals surface area contributed by atoms with E-state index >= 15 is 0 Å². The average molecular weight is 481 g/mol. The summed E-state index contributed by atoms with van der Waals surface area (Å²) in [6, 6.07) is 20.5. The predicted molar refractivity (Wildman–Crippen MR) is 134 cm³/mol. The molecule has 5 rings (SSSR count). The summed E-state index contributed by atoms with van der Waals surface area (Å²) in [5, 5.41) is 10.7. The highest BCUT2D eigenvalue weighted by atomic mass is 16.5. The lowest BCUT2D eigenvalue weighted by Crippen LogP contribution is -2.21. The van der Waals surface area contributed by atoms with Crippen LogP contribution in [0.5, 0.6) is 17.2 Å². The lowest BCUT2D eigenvalue weighted by molar-refractivity contribution is 0.0702. The predicted octanol–water partition coefficient (Wildman–Crippen LogP) is 5.89. The molecule has 0 saturated carbocycles. The number of hydrogen-bond donors (Lipinski definition) is 1. The van der Waals surface area contributed by atoms with Crippen LogP contribution >= 0.6 is 0 Å². The Bertz CT molecular complexity index is 1560. The number of rotatable bonds is 5. The van der Waals surface area contributed by atoms with Gasteiger partial charge in [-0.3, -0.25) is 0 Å². The second-order valence-corrected chi connectivity index (χ2v) is 8.57. The van der Waals surface area contributed by atoms with E-state index in [2.05, 4.69) is 6.07 Å². The minimum absolute atomic E-state index is 0.0101. The van der Waals surface area contributed by atoms with Crippen LogP contribution in [0.1, 0.15) is 45.7 Å². The number of ether oxygens (including phenoxy) is 3. The number of esters is 1. The Morgan fingerprint density at radius 1 is 1.06 bits per heavy atom. The molecule has 0 spiro atoms. The van der Waals surface area contributed by atoms with Gasteiger partial charge in [-0.25, -0.2) is 4.79 Å². The normalized spacial score (nSPS) is 14.7. The fourth-order valence-corrected chi connectivity index (χ4v) is 4.45. The van der Waals surface area contributed by atoms with Gasteiger partial charge in [-0.2, -0.15) is 5.26 Å². The van der Waals surface area contributed by atoms with Crippen LogP contribution in [0.4, 0.5) is 0 Å². The van der Waals surface area contributed by atoms with Gasteiger partial charge in [0.05, 0.1) is 12.5 Å². The summed E-state index contributed by atoms with van der Waals surface area (Å²) in [5.74, 6) is 0.536. The van der Waals surface area contributed by atoms with E-state index in [1.807, 2.05) is 63.2 Å². The number of nitrogens with two attached hydrogens (primary N) is 1. The maximum atomic E-state index is 12.9. The zero-order valence-corrected chi connectivity index (χ0v) is 20.1. The van der Waals surface area contributed by atoms with Gasteiger partial charge >= 0.3 is 5.97 Å². The smallest absolute Gasteiger partial charge is 0.379 e. The molecular formula is C29H24N2O5. The molecule has 0 bridgehead atoms. The summed E-state index contributed by atoms with van der Waals surface area (Å²) in [6.07, 6.45) is 0. The van der Waals surface area contributed by atoms with Crippen LogP contribution in [-0.4, -0.2) is 12.6 Å². The first-order valence-electron chi connectivity index (χ1n) is 11.6. The number of nitriles is 1. The second-order valence-electron chi connectivity index (χ2n) is 8.57. The molecule has 1 aliphatic rings. The zero-order chi connectivity index (χ0) is 25.4. The minimum atomic E-state index is -0.610. The molecule has 1 unspecified atom stereocenters. The van der Waals surface area contributed by atoms with Crippen molar-refractivity contribution in [3.05, 3.63) is 100 Å². The summed E-state index contributed by atoms with van der Waals surface area (Å²) >= 11 is 0. The van der Waals surface area contributed by atoms with Crippen molar-refractivity contribution in [3.63, 3.8) is 0 Å². The number of hydrogen-bond acceptors (Lipinski definition) is 7. The Morgan fingerprint density at radius 2 is 1.81 bits per heavy atom. The molecule has 2 N–H and O–H groups in total. The highest BCUT2D eigenvalue weighted by Gasteiger charge is 2.31. The van der Waals surface area contributed by atoms with Gasteiger partial charge in [-0.15, -0.1) is 0 Å². The van der Waals surface area contributed by atoms with Crippen LogP contribution in [0.3, 0.4) is 0 Å². The lowest BCUT2D eigenvalue weighted by atomic mass is 9.83. The molecular weight excluding hydrogens is 456 g/mol. The third-order valence-electron chi connectivity index (χ3n) is 6.20. The Balaban J connectivity index is 1.46. The van der Waals surface area contributed by atoms with E-state index in [-0.39, 0.29) is 17.4 Å². The summed E-state index contributed by atoms with van der Waals surface area (Å²) in [4.78, 5) is 12.9. The third kappa shape index (κ3) is 4.03. The Hall–Kier alpha value is -4.70. The molecule has 1 atom stereocenters. The van der Waals surface area contributed by atoms with Gasteiger partial charge in [-0.05, 0) is 56.2 Å². The van der Waals surface area contributed by atoms with Gasteiger partial charge in [-0.1, -0.05) is 30.3 Å². The highest BCUT2D eigenvalue weighted by Crippen LogP contribution is 2.43. The standard InChI is InChI=1S/C29H24N2O5/c1-4-33-19-8-6-18(7-9-19)26-22-12-10-20(14-25(22)36-28(31)23(26)15-30)34-29(32)27-17(3)21-11-5-16(2)13-24(21)35-27/h5-14,26H,4,31H2,1-3H3. The molecule has 180 valence electrons. The monoisotopic (exact) mass is 480 g/mol. The number of furan rings is 1. The highest BCUT2D eigenvalue weighted by molar-refractivity contribution is 5.97. The molecule has 0 radical (unpaired) electrons. The largest absolute Gasteiger partial charge is 0.494 e. The van der Waals surface area contributed by atoms with E-state index in [9.17, 15) is 10.1 Å². The number of aryl methyl sites for hydroxylation is 2. The van der Waals surface area contributed by atoms with Gasteiger partial charge in [0.25, 0.3) is 0 Å².